The number of hydrogen-bond acceptors (Lipinski definition) is 6. The van der Waals surface area contributed by atoms with Crippen LogP contribution in [0.4, 0.5) is 10.5 Å². The quantitative estimate of drug-likeness (QED) is 0.545. The number of rotatable bonds is 8. The second-order valence-electron chi connectivity index (χ2n) is 6.53. The molecule has 0 aliphatic carbocycles. The highest BCUT2D eigenvalue weighted by molar-refractivity contribution is 7.86. The standard InChI is InChI=1S/C21H22N2O6S/c1-27-18-11-7-17(8-12-18)22-21(24)23(15-20-4-3-13-28-20)14-16-5-9-19(10-6-16)29-30(2,25)26/h3-13H,14-15H2,1-2H3,(H,22,24). The van der Waals surface area contributed by atoms with Gasteiger partial charge in [0.15, 0.2) is 0 Å². The average molecular weight is 430 g/mol. The third-order valence-corrected chi connectivity index (χ3v) is 4.59. The minimum Gasteiger partial charge on any atom is -0.497 e. The van der Waals surface area contributed by atoms with E-state index in [0.717, 1.165) is 11.8 Å². The molecule has 0 radical (unpaired) electrons. The summed E-state index contributed by atoms with van der Waals surface area (Å²) in [6, 6.07) is 16.7. The molecule has 0 aliphatic rings. The zero-order valence-electron chi connectivity index (χ0n) is 16.6. The number of urea groups is 1. The highest BCUT2D eigenvalue weighted by atomic mass is 32.2. The predicted molar refractivity (Wildman–Crippen MR) is 112 cm³/mol. The molecule has 0 unspecified atom stereocenters. The molecule has 1 N–H and O–H groups in total. The van der Waals surface area contributed by atoms with Crippen molar-refractivity contribution >= 4 is 21.8 Å². The SMILES string of the molecule is COc1ccc(NC(=O)N(Cc2ccc(OS(C)(=O)=O)cc2)Cc2ccco2)cc1. The lowest BCUT2D eigenvalue weighted by Gasteiger charge is -2.22. The normalized spacial score (nSPS) is 11.0. The van der Waals surface area contributed by atoms with Crippen molar-refractivity contribution in [3.63, 3.8) is 0 Å². The van der Waals surface area contributed by atoms with Gasteiger partial charge in [-0.25, -0.2) is 4.79 Å². The van der Waals surface area contributed by atoms with Crippen molar-refractivity contribution in [3.8, 4) is 11.5 Å². The number of hydrogen-bond donors (Lipinski definition) is 1. The highest BCUT2D eigenvalue weighted by Gasteiger charge is 2.17. The smallest absolute Gasteiger partial charge is 0.322 e. The highest BCUT2D eigenvalue weighted by Crippen LogP contribution is 2.19. The van der Waals surface area contributed by atoms with Crippen LogP contribution in [-0.4, -0.2) is 32.7 Å². The second kappa shape index (κ2) is 9.36. The van der Waals surface area contributed by atoms with Gasteiger partial charge in [-0.05, 0) is 54.1 Å². The number of carbonyl (C=O) groups is 1. The minimum atomic E-state index is -3.60. The van der Waals surface area contributed by atoms with Crippen LogP contribution in [0.3, 0.4) is 0 Å². The molecule has 1 heterocycles. The maximum atomic E-state index is 12.9. The Bertz CT molecular complexity index is 1060. The van der Waals surface area contributed by atoms with Gasteiger partial charge in [-0.15, -0.1) is 0 Å². The van der Waals surface area contributed by atoms with Crippen LogP contribution in [0.2, 0.25) is 0 Å². The molecule has 0 atom stereocenters. The molecule has 1 aromatic heterocycles. The van der Waals surface area contributed by atoms with Gasteiger partial charge in [-0.3, -0.25) is 0 Å². The summed E-state index contributed by atoms with van der Waals surface area (Å²) in [5.41, 5.74) is 1.43. The van der Waals surface area contributed by atoms with E-state index in [0.29, 0.717) is 17.2 Å². The first kappa shape index (κ1) is 21.3. The number of ether oxygens (including phenoxy) is 1. The molecule has 3 aromatic rings. The number of nitrogens with zero attached hydrogens (tertiary/aromatic N) is 1. The Balaban J connectivity index is 1.73. The Morgan fingerprint density at radius 1 is 1.00 bits per heavy atom. The van der Waals surface area contributed by atoms with E-state index in [2.05, 4.69) is 5.32 Å². The monoisotopic (exact) mass is 430 g/mol. The van der Waals surface area contributed by atoms with Crippen molar-refractivity contribution in [1.29, 1.82) is 0 Å². The lowest BCUT2D eigenvalue weighted by Crippen LogP contribution is -2.33. The van der Waals surface area contributed by atoms with Crippen LogP contribution < -0.4 is 14.2 Å². The van der Waals surface area contributed by atoms with Crippen LogP contribution >= 0.6 is 0 Å². The van der Waals surface area contributed by atoms with Crippen molar-refractivity contribution in [2.45, 2.75) is 13.1 Å². The zero-order valence-corrected chi connectivity index (χ0v) is 17.4. The van der Waals surface area contributed by atoms with Crippen molar-refractivity contribution in [1.82, 2.24) is 4.90 Å². The number of nitrogens with one attached hydrogen (secondary N) is 1. The van der Waals surface area contributed by atoms with Crippen LogP contribution in [0.15, 0.2) is 71.3 Å². The maximum Gasteiger partial charge on any atom is 0.322 e. The van der Waals surface area contributed by atoms with Crippen molar-refractivity contribution in [3.05, 3.63) is 78.3 Å². The van der Waals surface area contributed by atoms with Crippen molar-refractivity contribution in [2.24, 2.45) is 0 Å². The predicted octanol–water partition coefficient (Wildman–Crippen LogP) is 3.86. The van der Waals surface area contributed by atoms with Gasteiger partial charge in [0, 0.05) is 12.2 Å². The molecular weight excluding hydrogens is 408 g/mol. The van der Waals surface area contributed by atoms with Crippen LogP contribution in [0.1, 0.15) is 11.3 Å². The number of carbonyl (C=O) groups excluding carboxylic acids is 1. The molecular formula is C21H22N2O6S. The Morgan fingerprint density at radius 2 is 1.67 bits per heavy atom. The summed E-state index contributed by atoms with van der Waals surface area (Å²) in [4.78, 5) is 14.5. The zero-order chi connectivity index (χ0) is 21.6. The molecule has 158 valence electrons. The van der Waals surface area contributed by atoms with Gasteiger partial charge in [0.05, 0.1) is 26.2 Å². The van der Waals surface area contributed by atoms with Crippen LogP contribution in [0.5, 0.6) is 11.5 Å². The number of anilines is 1. The van der Waals surface area contributed by atoms with Gasteiger partial charge in [-0.1, -0.05) is 12.1 Å². The van der Waals surface area contributed by atoms with E-state index in [9.17, 15) is 13.2 Å². The largest absolute Gasteiger partial charge is 0.497 e. The van der Waals surface area contributed by atoms with E-state index in [4.69, 9.17) is 13.3 Å². The Labute approximate surface area is 175 Å². The first-order valence-electron chi connectivity index (χ1n) is 9.03. The van der Waals surface area contributed by atoms with Gasteiger partial charge >= 0.3 is 16.1 Å². The van der Waals surface area contributed by atoms with Gasteiger partial charge in [0.1, 0.15) is 17.3 Å². The maximum absolute atomic E-state index is 12.9. The lowest BCUT2D eigenvalue weighted by molar-refractivity contribution is 0.201. The fourth-order valence-electron chi connectivity index (χ4n) is 2.71. The summed E-state index contributed by atoms with van der Waals surface area (Å²) in [7, 11) is -2.02. The number of benzene rings is 2. The molecule has 0 saturated carbocycles. The topological polar surface area (TPSA) is 98.1 Å². The number of furan rings is 1. The summed E-state index contributed by atoms with van der Waals surface area (Å²) in [6.45, 7) is 0.540. The Kier molecular flexibility index (Phi) is 6.63. The summed E-state index contributed by atoms with van der Waals surface area (Å²) >= 11 is 0. The average Bonchev–Trinajstić information content (AvgIpc) is 3.21. The summed E-state index contributed by atoms with van der Waals surface area (Å²) in [5.74, 6) is 1.54. The molecule has 30 heavy (non-hydrogen) atoms. The third kappa shape index (κ3) is 6.28. The van der Waals surface area contributed by atoms with Crippen molar-refractivity contribution in [2.75, 3.05) is 18.7 Å². The van der Waals surface area contributed by atoms with Gasteiger partial charge in [-0.2, -0.15) is 8.42 Å². The van der Waals surface area contributed by atoms with Crippen molar-refractivity contribution < 1.29 is 26.5 Å². The van der Waals surface area contributed by atoms with E-state index in [1.807, 2.05) is 0 Å². The summed E-state index contributed by atoms with van der Waals surface area (Å²) in [6.07, 6.45) is 2.53. The lowest BCUT2D eigenvalue weighted by atomic mass is 10.2. The van der Waals surface area contributed by atoms with E-state index >= 15 is 0 Å². The van der Waals surface area contributed by atoms with E-state index in [1.54, 1.807) is 78.9 Å². The molecule has 3 rings (SSSR count). The molecule has 2 aromatic carbocycles. The number of methoxy groups -OCH3 is 1. The van der Waals surface area contributed by atoms with E-state index in [-0.39, 0.29) is 24.9 Å². The van der Waals surface area contributed by atoms with Gasteiger partial charge in [0.25, 0.3) is 0 Å². The molecule has 0 fully saturated rings. The molecule has 9 heteroatoms. The van der Waals surface area contributed by atoms with E-state index in [1.165, 1.54) is 0 Å². The third-order valence-electron chi connectivity index (χ3n) is 4.10. The summed E-state index contributed by atoms with van der Waals surface area (Å²) in [5, 5.41) is 2.85. The van der Waals surface area contributed by atoms with Gasteiger partial charge in [0.2, 0.25) is 0 Å². The van der Waals surface area contributed by atoms with Crippen LogP contribution in [-0.2, 0) is 23.2 Å². The molecule has 0 aliphatic heterocycles. The molecule has 2 amide bonds. The molecule has 0 saturated heterocycles. The number of amides is 2. The fraction of sp³-hybridized carbons (Fsp3) is 0.190. The van der Waals surface area contributed by atoms with Gasteiger partial charge < -0.3 is 23.6 Å². The molecule has 0 spiro atoms. The second-order valence-corrected chi connectivity index (χ2v) is 8.10. The Hall–Kier alpha value is -3.46. The molecule has 0 bridgehead atoms. The first-order valence-corrected chi connectivity index (χ1v) is 10.8. The summed E-state index contributed by atoms with van der Waals surface area (Å²) < 4.78 is 37.8. The van der Waals surface area contributed by atoms with Crippen LogP contribution in [0, 0.1) is 0 Å². The van der Waals surface area contributed by atoms with E-state index < -0.39 is 10.1 Å². The molecule has 8 nitrogen and oxygen atoms in total. The Morgan fingerprint density at radius 3 is 2.23 bits per heavy atom. The fourth-order valence-corrected chi connectivity index (χ4v) is 3.17. The first-order chi connectivity index (χ1) is 14.3. The minimum absolute atomic E-state index is 0.210. The van der Waals surface area contributed by atoms with Crippen LogP contribution in [0.25, 0.3) is 0 Å².